The number of anilines is 1. The maximum atomic E-state index is 12.3. The van der Waals surface area contributed by atoms with Crippen molar-refractivity contribution in [3.63, 3.8) is 0 Å². The summed E-state index contributed by atoms with van der Waals surface area (Å²) in [5.41, 5.74) is 5.16. The van der Waals surface area contributed by atoms with E-state index in [1.165, 1.54) is 16.8 Å². The first-order chi connectivity index (χ1) is 14.1. The van der Waals surface area contributed by atoms with Gasteiger partial charge in [-0.1, -0.05) is 42.5 Å². The first-order valence-corrected chi connectivity index (χ1v) is 11.7. The van der Waals surface area contributed by atoms with E-state index in [-0.39, 0.29) is 24.0 Å². The molecule has 164 valence electrons. The lowest BCUT2D eigenvalue weighted by atomic mass is 10.1. The number of rotatable bonds is 6. The molecule has 1 unspecified atom stereocenters. The second kappa shape index (κ2) is 12.3. The van der Waals surface area contributed by atoms with E-state index in [9.17, 15) is 4.21 Å². The molecule has 2 aromatic carbocycles. The fourth-order valence-corrected chi connectivity index (χ4v) is 4.72. The summed E-state index contributed by atoms with van der Waals surface area (Å²) in [6.07, 6.45) is 0. The average molecular weight is 541 g/mol. The van der Waals surface area contributed by atoms with E-state index >= 15 is 0 Å². The second-order valence-corrected chi connectivity index (χ2v) is 9.02. The summed E-state index contributed by atoms with van der Waals surface area (Å²) in [6, 6.07) is 16.5. The highest BCUT2D eigenvalue weighted by Crippen LogP contribution is 2.23. The predicted molar refractivity (Wildman–Crippen MR) is 140 cm³/mol. The molecule has 0 spiro atoms. The summed E-state index contributed by atoms with van der Waals surface area (Å²) in [5, 5.41) is 3.40. The SMILES string of the molecule is CN=C(NCCS(=O)Cc1ccccc1)N1CCN(c2cccc(C)c2C)CC1.I. The number of aliphatic imine (C=N–C) groups is 1. The highest BCUT2D eigenvalue weighted by atomic mass is 127. The molecule has 0 saturated carbocycles. The molecule has 0 aliphatic carbocycles. The first kappa shape index (κ1) is 24.7. The summed E-state index contributed by atoms with van der Waals surface area (Å²) in [5.74, 6) is 2.13. The van der Waals surface area contributed by atoms with Crippen molar-refractivity contribution in [1.82, 2.24) is 10.2 Å². The molecule has 1 N–H and O–H groups in total. The van der Waals surface area contributed by atoms with Crippen LogP contribution in [0.3, 0.4) is 0 Å². The van der Waals surface area contributed by atoms with Gasteiger partial charge in [0.25, 0.3) is 0 Å². The molecule has 1 atom stereocenters. The number of guanidine groups is 1. The van der Waals surface area contributed by atoms with Gasteiger partial charge in [-0.3, -0.25) is 9.20 Å². The van der Waals surface area contributed by atoms with Crippen LogP contribution in [0.25, 0.3) is 0 Å². The Morgan fingerprint density at radius 2 is 1.73 bits per heavy atom. The van der Waals surface area contributed by atoms with Gasteiger partial charge in [0.05, 0.1) is 0 Å². The Morgan fingerprint density at radius 1 is 1.03 bits per heavy atom. The molecule has 1 fully saturated rings. The van der Waals surface area contributed by atoms with Crippen LogP contribution in [-0.4, -0.2) is 60.6 Å². The number of hydrogen-bond acceptors (Lipinski definition) is 3. The predicted octanol–water partition coefficient (Wildman–Crippen LogP) is 3.57. The second-order valence-electron chi connectivity index (χ2n) is 7.44. The van der Waals surface area contributed by atoms with Crippen LogP contribution in [0, 0.1) is 13.8 Å². The van der Waals surface area contributed by atoms with Crippen LogP contribution in [0.4, 0.5) is 5.69 Å². The van der Waals surface area contributed by atoms with Crippen LogP contribution in [0.15, 0.2) is 53.5 Å². The van der Waals surface area contributed by atoms with Crippen LogP contribution in [0.2, 0.25) is 0 Å². The van der Waals surface area contributed by atoms with E-state index in [0.29, 0.717) is 18.1 Å². The monoisotopic (exact) mass is 540 g/mol. The molecule has 7 heteroatoms. The van der Waals surface area contributed by atoms with E-state index in [0.717, 1.165) is 37.7 Å². The third kappa shape index (κ3) is 6.70. The lowest BCUT2D eigenvalue weighted by Gasteiger charge is -2.38. The standard InChI is InChI=1S/C23H32N4OS.HI/c1-19-8-7-11-22(20(19)2)26-13-15-27(16-14-26)23(24-3)25-12-17-29(28)18-21-9-5-4-6-10-21;/h4-11H,12-18H2,1-3H3,(H,24,25);1H. The van der Waals surface area contributed by atoms with Gasteiger partial charge in [-0.05, 0) is 36.6 Å². The summed E-state index contributed by atoms with van der Waals surface area (Å²) in [4.78, 5) is 9.19. The van der Waals surface area contributed by atoms with Crippen LogP contribution < -0.4 is 10.2 Å². The van der Waals surface area contributed by atoms with Crippen LogP contribution in [0.5, 0.6) is 0 Å². The van der Waals surface area contributed by atoms with E-state index < -0.39 is 10.8 Å². The first-order valence-electron chi connectivity index (χ1n) is 10.2. The maximum Gasteiger partial charge on any atom is 0.193 e. The Bertz CT molecular complexity index is 852. The molecule has 5 nitrogen and oxygen atoms in total. The summed E-state index contributed by atoms with van der Waals surface area (Å²) in [7, 11) is 0.946. The van der Waals surface area contributed by atoms with Crippen molar-refractivity contribution in [2.75, 3.05) is 50.4 Å². The van der Waals surface area contributed by atoms with Gasteiger partial charge in [0.15, 0.2) is 5.96 Å². The van der Waals surface area contributed by atoms with E-state index in [4.69, 9.17) is 0 Å². The number of halogens is 1. The summed E-state index contributed by atoms with van der Waals surface area (Å²) < 4.78 is 12.3. The van der Waals surface area contributed by atoms with Gasteiger partial charge >= 0.3 is 0 Å². The molecule has 3 rings (SSSR count). The fraction of sp³-hybridized carbons (Fsp3) is 0.435. The minimum absolute atomic E-state index is 0. The smallest absolute Gasteiger partial charge is 0.193 e. The topological polar surface area (TPSA) is 47.9 Å². The molecule has 0 amide bonds. The average Bonchev–Trinajstić information content (AvgIpc) is 2.74. The Hall–Kier alpha value is -1.61. The Morgan fingerprint density at radius 3 is 2.40 bits per heavy atom. The number of aryl methyl sites for hydroxylation is 1. The lowest BCUT2D eigenvalue weighted by Crippen LogP contribution is -2.53. The minimum atomic E-state index is -0.874. The van der Waals surface area contributed by atoms with Crippen molar-refractivity contribution in [2.24, 2.45) is 4.99 Å². The number of piperazine rings is 1. The fourth-order valence-electron chi connectivity index (χ4n) is 3.68. The number of benzene rings is 2. The Balaban J connectivity index is 0.00000320. The number of hydrogen-bond donors (Lipinski definition) is 1. The molecule has 1 heterocycles. The molecule has 1 saturated heterocycles. The van der Waals surface area contributed by atoms with Crippen molar-refractivity contribution < 1.29 is 4.21 Å². The summed E-state index contributed by atoms with van der Waals surface area (Å²) >= 11 is 0. The lowest BCUT2D eigenvalue weighted by molar-refractivity contribution is 0.373. The molecular weight excluding hydrogens is 507 g/mol. The van der Waals surface area contributed by atoms with Crippen LogP contribution in [0.1, 0.15) is 16.7 Å². The Kier molecular flexibility index (Phi) is 10.1. The third-order valence-electron chi connectivity index (χ3n) is 5.49. The Labute approximate surface area is 200 Å². The van der Waals surface area contributed by atoms with Gasteiger partial charge in [0.1, 0.15) is 0 Å². The van der Waals surface area contributed by atoms with Crippen molar-refractivity contribution in [1.29, 1.82) is 0 Å². The van der Waals surface area contributed by atoms with E-state index in [2.05, 4.69) is 52.2 Å². The maximum absolute atomic E-state index is 12.3. The third-order valence-corrected chi connectivity index (χ3v) is 6.81. The molecule has 30 heavy (non-hydrogen) atoms. The largest absolute Gasteiger partial charge is 0.368 e. The molecule has 0 radical (unpaired) electrons. The molecule has 2 aromatic rings. The molecule has 1 aliphatic heterocycles. The highest BCUT2D eigenvalue weighted by Gasteiger charge is 2.21. The van der Waals surface area contributed by atoms with Crippen molar-refractivity contribution in [3.05, 3.63) is 65.2 Å². The quantitative estimate of drug-likeness (QED) is 0.346. The van der Waals surface area contributed by atoms with Gasteiger partial charge in [-0.25, -0.2) is 0 Å². The van der Waals surface area contributed by atoms with Crippen LogP contribution >= 0.6 is 24.0 Å². The number of nitrogens with one attached hydrogen (secondary N) is 1. The van der Waals surface area contributed by atoms with Crippen molar-refractivity contribution in [3.8, 4) is 0 Å². The van der Waals surface area contributed by atoms with E-state index in [1.807, 2.05) is 37.4 Å². The molecular formula is C23H33IN4OS. The summed E-state index contributed by atoms with van der Waals surface area (Å²) in [6.45, 7) is 8.86. The highest BCUT2D eigenvalue weighted by molar-refractivity contribution is 14.0. The van der Waals surface area contributed by atoms with Crippen molar-refractivity contribution >= 4 is 46.4 Å². The van der Waals surface area contributed by atoms with Gasteiger partial charge in [-0.2, -0.15) is 0 Å². The zero-order valence-electron chi connectivity index (χ0n) is 18.1. The normalized spacial score (nSPS) is 15.5. The minimum Gasteiger partial charge on any atom is -0.368 e. The van der Waals surface area contributed by atoms with Gasteiger partial charge in [0.2, 0.25) is 0 Å². The van der Waals surface area contributed by atoms with E-state index in [1.54, 1.807) is 0 Å². The van der Waals surface area contributed by atoms with Crippen molar-refractivity contribution in [2.45, 2.75) is 19.6 Å². The molecule has 0 aromatic heterocycles. The zero-order valence-corrected chi connectivity index (χ0v) is 21.3. The van der Waals surface area contributed by atoms with Crippen LogP contribution in [-0.2, 0) is 16.6 Å². The van der Waals surface area contributed by atoms with Gasteiger partial charge < -0.3 is 15.1 Å². The van der Waals surface area contributed by atoms with Gasteiger partial charge in [-0.15, -0.1) is 24.0 Å². The number of nitrogens with zero attached hydrogens (tertiary/aromatic N) is 3. The molecule has 1 aliphatic rings. The van der Waals surface area contributed by atoms with Gasteiger partial charge in [0, 0.05) is 67.8 Å². The molecule has 0 bridgehead atoms. The zero-order chi connectivity index (χ0) is 20.6.